The fraction of sp³-hybridized carbons (Fsp3) is 0.192. The van der Waals surface area contributed by atoms with E-state index in [0.717, 1.165) is 16.7 Å². The monoisotopic (exact) mass is 491 g/mol. The fourth-order valence-corrected chi connectivity index (χ4v) is 5.41. The molecule has 2 aliphatic rings. The molecule has 0 saturated heterocycles. The second-order valence-corrected chi connectivity index (χ2v) is 9.20. The van der Waals surface area contributed by atoms with Crippen molar-refractivity contribution in [3.05, 3.63) is 88.4 Å². The summed E-state index contributed by atoms with van der Waals surface area (Å²) in [5.41, 5.74) is 3.48. The predicted octanol–water partition coefficient (Wildman–Crippen LogP) is 5.49. The number of fused-ring (bicyclic) bond motifs is 3. The maximum atomic E-state index is 13.1. The van der Waals surface area contributed by atoms with Crippen LogP contribution < -0.4 is 9.47 Å². The minimum Gasteiger partial charge on any atom is -0.493 e. The van der Waals surface area contributed by atoms with Gasteiger partial charge in [0.25, 0.3) is 5.91 Å². The van der Waals surface area contributed by atoms with E-state index in [9.17, 15) is 4.79 Å². The Kier molecular flexibility index (Phi) is 6.30. The van der Waals surface area contributed by atoms with E-state index in [1.165, 1.54) is 11.8 Å². The van der Waals surface area contributed by atoms with Gasteiger partial charge in [0.15, 0.2) is 16.7 Å². The smallest absolute Gasteiger partial charge is 0.271 e. The Bertz CT molecular complexity index is 1310. The number of carbonyl (C=O) groups excluding carboxylic acids is 1. The molecule has 6 nitrogen and oxygen atoms in total. The van der Waals surface area contributed by atoms with Crippen molar-refractivity contribution >= 4 is 46.0 Å². The number of amidine groups is 2. The topological polar surface area (TPSA) is 63.5 Å². The van der Waals surface area contributed by atoms with Crippen LogP contribution in [0.4, 0.5) is 5.69 Å². The summed E-state index contributed by atoms with van der Waals surface area (Å²) in [4.78, 5) is 24.5. The summed E-state index contributed by atoms with van der Waals surface area (Å²) in [5, 5.41) is 1.40. The van der Waals surface area contributed by atoms with Crippen molar-refractivity contribution in [2.45, 2.75) is 18.2 Å². The van der Waals surface area contributed by atoms with Crippen LogP contribution in [0.2, 0.25) is 5.02 Å². The summed E-state index contributed by atoms with van der Waals surface area (Å²) in [6.07, 6.45) is 0.529. The van der Waals surface area contributed by atoms with Gasteiger partial charge in [0, 0.05) is 28.8 Å². The van der Waals surface area contributed by atoms with Gasteiger partial charge in [-0.2, -0.15) is 4.99 Å². The Morgan fingerprint density at radius 3 is 2.41 bits per heavy atom. The van der Waals surface area contributed by atoms with Crippen LogP contribution in [0, 0.1) is 0 Å². The summed E-state index contributed by atoms with van der Waals surface area (Å²) >= 11 is 7.92. The second kappa shape index (κ2) is 9.52. The third kappa shape index (κ3) is 4.17. The predicted molar refractivity (Wildman–Crippen MR) is 137 cm³/mol. The van der Waals surface area contributed by atoms with Gasteiger partial charge in [-0.25, -0.2) is 4.99 Å². The van der Waals surface area contributed by atoms with E-state index in [1.54, 1.807) is 14.2 Å². The average molecular weight is 492 g/mol. The molecule has 0 bridgehead atoms. The molecule has 0 saturated carbocycles. The van der Waals surface area contributed by atoms with E-state index in [4.69, 9.17) is 26.1 Å². The average Bonchev–Trinajstić information content (AvgIpc) is 3.19. The highest BCUT2D eigenvalue weighted by molar-refractivity contribution is 8.13. The highest BCUT2D eigenvalue weighted by atomic mass is 35.5. The van der Waals surface area contributed by atoms with Gasteiger partial charge in [-0.15, -0.1) is 0 Å². The van der Waals surface area contributed by atoms with Crippen LogP contribution in [0.25, 0.3) is 0 Å². The first-order valence-electron chi connectivity index (χ1n) is 10.8. The Morgan fingerprint density at radius 2 is 1.68 bits per heavy atom. The SMILES string of the molecule is COc1cc2c(cc1OC)C1=NC(=O)[C@H](Cc3ccccc3)N1C(SCc1ccccc1Cl)=N2. The Balaban J connectivity index is 1.56. The van der Waals surface area contributed by atoms with E-state index < -0.39 is 6.04 Å². The number of carbonyl (C=O) groups is 1. The lowest BCUT2D eigenvalue weighted by Crippen LogP contribution is -2.44. The Morgan fingerprint density at radius 1 is 0.971 bits per heavy atom. The molecule has 1 amide bonds. The lowest BCUT2D eigenvalue weighted by atomic mass is 10.0. The van der Waals surface area contributed by atoms with Crippen molar-refractivity contribution in [1.29, 1.82) is 0 Å². The Hall–Kier alpha value is -3.29. The van der Waals surface area contributed by atoms with Crippen molar-refractivity contribution < 1.29 is 14.3 Å². The molecule has 0 fully saturated rings. The van der Waals surface area contributed by atoms with E-state index in [0.29, 0.717) is 45.4 Å². The number of aliphatic imine (C=N–C) groups is 2. The fourth-order valence-electron chi connectivity index (χ4n) is 4.08. The molecule has 8 heteroatoms. The van der Waals surface area contributed by atoms with E-state index in [-0.39, 0.29) is 5.91 Å². The lowest BCUT2D eigenvalue weighted by molar-refractivity contribution is -0.119. The molecule has 0 aliphatic carbocycles. The van der Waals surface area contributed by atoms with Crippen LogP contribution in [0.5, 0.6) is 11.5 Å². The zero-order valence-electron chi connectivity index (χ0n) is 18.7. The summed E-state index contributed by atoms with van der Waals surface area (Å²) in [5.74, 6) is 2.13. The van der Waals surface area contributed by atoms with Gasteiger partial charge < -0.3 is 9.47 Å². The van der Waals surface area contributed by atoms with Crippen LogP contribution in [0.3, 0.4) is 0 Å². The van der Waals surface area contributed by atoms with Crippen LogP contribution in [0.1, 0.15) is 16.7 Å². The van der Waals surface area contributed by atoms with E-state index in [1.807, 2.05) is 71.6 Å². The van der Waals surface area contributed by atoms with Gasteiger partial charge in [-0.3, -0.25) is 9.69 Å². The third-order valence-corrected chi connectivity index (χ3v) is 7.16. The van der Waals surface area contributed by atoms with Crippen LogP contribution in [-0.4, -0.2) is 42.1 Å². The molecule has 5 rings (SSSR count). The van der Waals surface area contributed by atoms with Gasteiger partial charge >= 0.3 is 0 Å². The maximum absolute atomic E-state index is 13.1. The van der Waals surface area contributed by atoms with Crippen molar-refractivity contribution in [3.63, 3.8) is 0 Å². The van der Waals surface area contributed by atoms with E-state index >= 15 is 0 Å². The standard InChI is InChI=1S/C26H22ClN3O3S/c1-32-22-13-18-20(14-23(22)33-2)28-26(34-15-17-10-6-7-11-19(17)27)30-21(25(31)29-24(18)30)12-16-8-4-3-5-9-16/h3-11,13-14,21H,12,15H2,1-2H3/t21-/m0/s1. The molecule has 0 aromatic heterocycles. The minimum atomic E-state index is -0.476. The quantitative estimate of drug-likeness (QED) is 0.456. The largest absolute Gasteiger partial charge is 0.493 e. The zero-order valence-corrected chi connectivity index (χ0v) is 20.3. The number of rotatable bonds is 6. The van der Waals surface area contributed by atoms with Crippen molar-refractivity contribution in [1.82, 2.24) is 4.90 Å². The van der Waals surface area contributed by atoms with Crippen LogP contribution in [0.15, 0.2) is 76.7 Å². The molecule has 3 aromatic rings. The molecular formula is C26H22ClN3O3S. The van der Waals surface area contributed by atoms with Gasteiger partial charge in [0.2, 0.25) is 0 Å². The third-order valence-electron chi connectivity index (χ3n) is 5.79. The maximum Gasteiger partial charge on any atom is 0.271 e. The number of amides is 1. The van der Waals surface area contributed by atoms with Gasteiger partial charge in [0.05, 0.1) is 19.9 Å². The summed E-state index contributed by atoms with van der Waals surface area (Å²) in [7, 11) is 3.17. The molecule has 172 valence electrons. The molecule has 3 aromatic carbocycles. The molecule has 0 unspecified atom stereocenters. The number of halogens is 1. The van der Waals surface area contributed by atoms with E-state index in [2.05, 4.69) is 4.99 Å². The molecule has 2 heterocycles. The first-order valence-corrected chi connectivity index (χ1v) is 12.1. The van der Waals surface area contributed by atoms with Crippen LogP contribution in [-0.2, 0) is 17.0 Å². The van der Waals surface area contributed by atoms with Gasteiger partial charge in [0.1, 0.15) is 11.9 Å². The zero-order chi connectivity index (χ0) is 23.7. The second-order valence-electron chi connectivity index (χ2n) is 7.85. The number of hydrogen-bond donors (Lipinski definition) is 0. The molecule has 0 spiro atoms. The molecule has 34 heavy (non-hydrogen) atoms. The summed E-state index contributed by atoms with van der Waals surface area (Å²) < 4.78 is 11.0. The number of hydrogen-bond acceptors (Lipinski definition) is 6. The number of thioether (sulfide) groups is 1. The van der Waals surface area contributed by atoms with Crippen molar-refractivity contribution in [2.24, 2.45) is 9.98 Å². The summed E-state index contributed by atoms with van der Waals surface area (Å²) in [6.45, 7) is 0. The van der Waals surface area contributed by atoms with Gasteiger partial charge in [-0.1, -0.05) is 71.9 Å². The first kappa shape index (κ1) is 22.5. The van der Waals surface area contributed by atoms with Gasteiger partial charge in [-0.05, 0) is 23.3 Å². The number of methoxy groups -OCH3 is 2. The molecule has 2 aliphatic heterocycles. The number of benzene rings is 3. The molecule has 0 N–H and O–H groups in total. The van der Waals surface area contributed by atoms with Crippen molar-refractivity contribution in [2.75, 3.05) is 14.2 Å². The minimum absolute atomic E-state index is 0.187. The lowest BCUT2D eigenvalue weighted by Gasteiger charge is -2.31. The highest BCUT2D eigenvalue weighted by Crippen LogP contribution is 2.41. The molecular weight excluding hydrogens is 470 g/mol. The Labute approximate surface area is 207 Å². The number of nitrogens with zero attached hydrogens (tertiary/aromatic N) is 3. The normalized spacial score (nSPS) is 16.5. The van der Waals surface area contributed by atoms with Crippen LogP contribution >= 0.6 is 23.4 Å². The number of ether oxygens (including phenoxy) is 2. The summed E-state index contributed by atoms with van der Waals surface area (Å²) in [6, 6.07) is 20.8. The molecule has 0 radical (unpaired) electrons. The van der Waals surface area contributed by atoms with Crippen molar-refractivity contribution in [3.8, 4) is 11.5 Å². The first-order chi connectivity index (χ1) is 16.6. The molecule has 1 atom stereocenters. The highest BCUT2D eigenvalue weighted by Gasteiger charge is 2.42.